The summed E-state index contributed by atoms with van der Waals surface area (Å²) in [5.74, 6) is -0.934. The van der Waals surface area contributed by atoms with Crippen LogP contribution in [0.4, 0.5) is 0 Å². The van der Waals surface area contributed by atoms with E-state index in [9.17, 15) is 4.79 Å². The van der Waals surface area contributed by atoms with Crippen LogP contribution in [0, 0.1) is 0 Å². The number of carboxylic acid groups (broad SMARTS) is 1. The standard InChI is InChI=1S/C7H5ClO2.2ClH/c8-6-3-1-5(2-4-6)7(9)10;;/h1-4H,(H,9,10);2*1H. The maximum atomic E-state index is 10.3. The molecule has 1 rings (SSSR count). The highest BCUT2D eigenvalue weighted by atomic mass is 35.5. The summed E-state index contributed by atoms with van der Waals surface area (Å²) in [5, 5.41) is 8.98. The number of halogens is 3. The number of aromatic carboxylic acids is 1. The molecule has 0 bridgehead atoms. The van der Waals surface area contributed by atoms with Gasteiger partial charge in [-0.3, -0.25) is 0 Å². The summed E-state index contributed by atoms with van der Waals surface area (Å²) in [6.07, 6.45) is 0. The number of benzene rings is 1. The van der Waals surface area contributed by atoms with Crippen LogP contribution < -0.4 is 0 Å². The topological polar surface area (TPSA) is 37.3 Å². The van der Waals surface area contributed by atoms with Gasteiger partial charge < -0.3 is 5.11 Å². The third-order valence-electron chi connectivity index (χ3n) is 1.09. The smallest absolute Gasteiger partial charge is 0.335 e. The van der Waals surface area contributed by atoms with Crippen LogP contribution in [0.3, 0.4) is 0 Å². The Morgan fingerprint density at radius 2 is 1.58 bits per heavy atom. The number of carbonyl (C=O) groups is 1. The van der Waals surface area contributed by atoms with Crippen LogP contribution in [0.1, 0.15) is 10.4 Å². The molecule has 0 heterocycles. The molecule has 0 spiro atoms. The Labute approximate surface area is 87.4 Å². The van der Waals surface area contributed by atoms with Crippen molar-refractivity contribution in [3.63, 3.8) is 0 Å². The number of carboxylic acids is 1. The second-order valence-corrected chi connectivity index (χ2v) is 2.25. The van der Waals surface area contributed by atoms with E-state index in [1.165, 1.54) is 12.1 Å². The second kappa shape index (κ2) is 6.12. The van der Waals surface area contributed by atoms with Gasteiger partial charge in [0.05, 0.1) is 5.56 Å². The molecule has 5 heteroatoms. The van der Waals surface area contributed by atoms with Crippen molar-refractivity contribution in [2.45, 2.75) is 0 Å². The van der Waals surface area contributed by atoms with Gasteiger partial charge in [-0.2, -0.15) is 0 Å². The van der Waals surface area contributed by atoms with Gasteiger partial charge in [0.25, 0.3) is 0 Å². The van der Waals surface area contributed by atoms with E-state index in [4.69, 9.17) is 16.7 Å². The molecule has 0 aliphatic heterocycles. The molecular weight excluding hydrogens is 222 g/mol. The molecule has 1 aromatic carbocycles. The zero-order valence-corrected chi connectivity index (χ0v) is 8.25. The first-order chi connectivity index (χ1) is 4.70. The molecule has 0 unspecified atom stereocenters. The van der Waals surface area contributed by atoms with Crippen LogP contribution >= 0.6 is 36.4 Å². The van der Waals surface area contributed by atoms with Gasteiger partial charge >= 0.3 is 5.97 Å². The molecule has 0 saturated heterocycles. The number of hydrogen-bond donors (Lipinski definition) is 1. The average Bonchev–Trinajstić information content (AvgIpc) is 1.88. The first-order valence-electron chi connectivity index (χ1n) is 2.69. The fraction of sp³-hybridized carbons (Fsp3) is 0. The Balaban J connectivity index is 0. The van der Waals surface area contributed by atoms with E-state index >= 15 is 0 Å². The van der Waals surface area contributed by atoms with Crippen molar-refractivity contribution in [1.29, 1.82) is 0 Å². The first-order valence-corrected chi connectivity index (χ1v) is 3.07. The SMILES string of the molecule is Cl.Cl.O=C(O)c1ccc(Cl)cc1. The van der Waals surface area contributed by atoms with Gasteiger partial charge in [-0.05, 0) is 24.3 Å². The number of hydrogen-bond acceptors (Lipinski definition) is 1. The molecular formula is C7H7Cl3O2. The summed E-state index contributed by atoms with van der Waals surface area (Å²) in [6, 6.07) is 6.02. The zero-order valence-electron chi connectivity index (χ0n) is 5.86. The molecule has 0 amide bonds. The van der Waals surface area contributed by atoms with E-state index in [2.05, 4.69) is 0 Å². The third kappa shape index (κ3) is 3.81. The predicted octanol–water partition coefficient (Wildman–Crippen LogP) is 2.88. The normalized spacial score (nSPS) is 7.75. The molecule has 12 heavy (non-hydrogen) atoms. The Hall–Kier alpha value is -0.440. The van der Waals surface area contributed by atoms with Crippen LogP contribution in [0.15, 0.2) is 24.3 Å². The molecule has 0 aromatic heterocycles. The van der Waals surface area contributed by atoms with Crippen molar-refractivity contribution in [1.82, 2.24) is 0 Å². The lowest BCUT2D eigenvalue weighted by Crippen LogP contribution is -1.94. The van der Waals surface area contributed by atoms with E-state index < -0.39 is 5.97 Å². The minimum atomic E-state index is -0.934. The Morgan fingerprint density at radius 3 is 1.92 bits per heavy atom. The largest absolute Gasteiger partial charge is 0.478 e. The third-order valence-corrected chi connectivity index (χ3v) is 1.34. The minimum absolute atomic E-state index is 0. The summed E-state index contributed by atoms with van der Waals surface area (Å²) in [5.41, 5.74) is 0.254. The van der Waals surface area contributed by atoms with Gasteiger partial charge in [0.2, 0.25) is 0 Å². The van der Waals surface area contributed by atoms with Gasteiger partial charge in [-0.1, -0.05) is 11.6 Å². The summed E-state index contributed by atoms with van der Waals surface area (Å²) < 4.78 is 0. The molecule has 0 fully saturated rings. The van der Waals surface area contributed by atoms with E-state index in [0.29, 0.717) is 5.02 Å². The molecule has 0 aliphatic rings. The first kappa shape index (κ1) is 14.1. The van der Waals surface area contributed by atoms with Gasteiger partial charge in [0.15, 0.2) is 0 Å². The maximum Gasteiger partial charge on any atom is 0.335 e. The summed E-state index contributed by atoms with van der Waals surface area (Å²) in [4.78, 5) is 10.3. The monoisotopic (exact) mass is 228 g/mol. The Morgan fingerprint density at radius 1 is 1.17 bits per heavy atom. The van der Waals surface area contributed by atoms with Crippen molar-refractivity contribution in [3.8, 4) is 0 Å². The van der Waals surface area contributed by atoms with Crippen LogP contribution in [0.25, 0.3) is 0 Å². The lowest BCUT2D eigenvalue weighted by Gasteiger charge is -1.91. The van der Waals surface area contributed by atoms with Crippen LogP contribution in [0.5, 0.6) is 0 Å². The minimum Gasteiger partial charge on any atom is -0.478 e. The molecule has 1 N–H and O–H groups in total. The quantitative estimate of drug-likeness (QED) is 0.804. The Kier molecular flexibility index (Phi) is 7.19. The molecule has 0 saturated carbocycles. The van der Waals surface area contributed by atoms with E-state index in [-0.39, 0.29) is 30.4 Å². The molecule has 1 aromatic rings. The highest BCUT2D eigenvalue weighted by molar-refractivity contribution is 6.30. The van der Waals surface area contributed by atoms with E-state index in [0.717, 1.165) is 0 Å². The van der Waals surface area contributed by atoms with E-state index in [1.54, 1.807) is 12.1 Å². The van der Waals surface area contributed by atoms with Crippen LogP contribution in [-0.4, -0.2) is 11.1 Å². The predicted molar refractivity (Wildman–Crippen MR) is 52.9 cm³/mol. The zero-order chi connectivity index (χ0) is 7.56. The summed E-state index contributed by atoms with van der Waals surface area (Å²) in [7, 11) is 0. The molecule has 0 aliphatic carbocycles. The van der Waals surface area contributed by atoms with Crippen molar-refractivity contribution in [2.24, 2.45) is 0 Å². The summed E-state index contributed by atoms with van der Waals surface area (Å²) in [6.45, 7) is 0. The lowest BCUT2D eigenvalue weighted by molar-refractivity contribution is 0.0697. The summed E-state index contributed by atoms with van der Waals surface area (Å²) >= 11 is 5.52. The van der Waals surface area contributed by atoms with Gasteiger partial charge in [0.1, 0.15) is 0 Å². The van der Waals surface area contributed by atoms with Crippen LogP contribution in [0.2, 0.25) is 5.02 Å². The highest BCUT2D eigenvalue weighted by Crippen LogP contribution is 2.08. The van der Waals surface area contributed by atoms with Crippen molar-refractivity contribution >= 4 is 42.4 Å². The molecule has 68 valence electrons. The van der Waals surface area contributed by atoms with Crippen molar-refractivity contribution in [2.75, 3.05) is 0 Å². The lowest BCUT2D eigenvalue weighted by atomic mass is 10.2. The highest BCUT2D eigenvalue weighted by Gasteiger charge is 1.99. The van der Waals surface area contributed by atoms with Gasteiger partial charge in [-0.15, -0.1) is 24.8 Å². The average molecular weight is 229 g/mol. The van der Waals surface area contributed by atoms with Crippen molar-refractivity contribution < 1.29 is 9.90 Å². The Bertz CT molecular complexity index is 245. The molecule has 0 atom stereocenters. The number of rotatable bonds is 1. The molecule has 0 radical (unpaired) electrons. The second-order valence-electron chi connectivity index (χ2n) is 1.81. The molecule has 2 nitrogen and oxygen atoms in total. The maximum absolute atomic E-state index is 10.3. The fourth-order valence-electron chi connectivity index (χ4n) is 0.592. The van der Waals surface area contributed by atoms with Crippen molar-refractivity contribution in [3.05, 3.63) is 34.9 Å². The fourth-order valence-corrected chi connectivity index (χ4v) is 0.718. The van der Waals surface area contributed by atoms with E-state index in [1.807, 2.05) is 0 Å². The van der Waals surface area contributed by atoms with Gasteiger partial charge in [0, 0.05) is 5.02 Å². The van der Waals surface area contributed by atoms with Crippen LogP contribution in [-0.2, 0) is 0 Å². The van der Waals surface area contributed by atoms with Gasteiger partial charge in [-0.25, -0.2) is 4.79 Å².